The van der Waals surface area contributed by atoms with Gasteiger partial charge in [0.15, 0.2) is 0 Å². The van der Waals surface area contributed by atoms with Gasteiger partial charge in [-0.2, -0.15) is 0 Å². The molecule has 2 aromatic heterocycles. The van der Waals surface area contributed by atoms with Crippen molar-refractivity contribution in [2.75, 3.05) is 18.1 Å². The maximum atomic E-state index is 12.4. The van der Waals surface area contributed by atoms with Gasteiger partial charge in [-0.15, -0.1) is 10.2 Å². The molecule has 0 radical (unpaired) electrons. The number of hydrogen-bond acceptors (Lipinski definition) is 8. The van der Waals surface area contributed by atoms with Crippen molar-refractivity contribution >= 4 is 28.3 Å². The summed E-state index contributed by atoms with van der Waals surface area (Å²) in [7, 11) is 0. The highest BCUT2D eigenvalue weighted by molar-refractivity contribution is 7.15. The van der Waals surface area contributed by atoms with Gasteiger partial charge < -0.3 is 14.6 Å². The number of rotatable bonds is 8. The summed E-state index contributed by atoms with van der Waals surface area (Å²) in [6, 6.07) is 1.89. The van der Waals surface area contributed by atoms with Gasteiger partial charge in [-0.05, 0) is 19.8 Å². The highest BCUT2D eigenvalue weighted by Crippen LogP contribution is 2.40. The van der Waals surface area contributed by atoms with Crippen molar-refractivity contribution in [3.05, 3.63) is 22.5 Å². The largest absolute Gasteiger partial charge is 0.374 e. The van der Waals surface area contributed by atoms with E-state index in [1.54, 1.807) is 0 Å². The Balaban J connectivity index is 1.30. The first-order valence-electron chi connectivity index (χ1n) is 9.07. The molecule has 3 heterocycles. The topological polar surface area (TPSA) is 110 Å². The lowest BCUT2D eigenvalue weighted by molar-refractivity contribution is -0.126. The molecule has 0 spiro atoms. The molecule has 2 amide bonds. The Kier molecular flexibility index (Phi) is 5.17. The molecule has 144 valence electrons. The van der Waals surface area contributed by atoms with E-state index in [4.69, 9.17) is 9.26 Å². The van der Waals surface area contributed by atoms with Gasteiger partial charge in [0.2, 0.25) is 16.9 Å². The molecular formula is C17H21N5O4S. The summed E-state index contributed by atoms with van der Waals surface area (Å²) in [6.07, 6.45) is 2.44. The molecule has 10 heteroatoms. The Morgan fingerprint density at radius 1 is 1.44 bits per heavy atom. The van der Waals surface area contributed by atoms with Crippen LogP contribution in [-0.4, -0.2) is 40.3 Å². The number of nitrogens with zero attached hydrogens (tertiary/aromatic N) is 4. The monoisotopic (exact) mass is 391 g/mol. The summed E-state index contributed by atoms with van der Waals surface area (Å²) >= 11 is 1.31. The predicted octanol–water partition coefficient (Wildman–Crippen LogP) is 1.61. The third-order valence-electron chi connectivity index (χ3n) is 4.61. The van der Waals surface area contributed by atoms with E-state index in [9.17, 15) is 9.59 Å². The van der Waals surface area contributed by atoms with Gasteiger partial charge in [-0.3, -0.25) is 14.5 Å². The van der Waals surface area contributed by atoms with Crippen molar-refractivity contribution < 1.29 is 18.8 Å². The molecule has 1 saturated carbocycles. The molecule has 0 bridgehead atoms. The van der Waals surface area contributed by atoms with Crippen LogP contribution in [0.4, 0.5) is 5.13 Å². The number of aromatic nitrogens is 3. The van der Waals surface area contributed by atoms with Crippen molar-refractivity contribution in [3.63, 3.8) is 0 Å². The molecule has 4 rings (SSSR count). The zero-order valence-electron chi connectivity index (χ0n) is 15.0. The van der Waals surface area contributed by atoms with E-state index in [1.807, 2.05) is 13.0 Å². The minimum Gasteiger partial charge on any atom is -0.374 e. The first kappa shape index (κ1) is 18.1. The second-order valence-electron chi connectivity index (χ2n) is 6.73. The van der Waals surface area contributed by atoms with E-state index >= 15 is 0 Å². The first-order valence-corrected chi connectivity index (χ1v) is 9.89. The number of nitrogens with one attached hydrogen (secondary N) is 1. The maximum absolute atomic E-state index is 12.4. The zero-order valence-corrected chi connectivity index (χ0v) is 15.8. The Bertz CT molecular complexity index is 831. The Morgan fingerprint density at radius 2 is 2.30 bits per heavy atom. The summed E-state index contributed by atoms with van der Waals surface area (Å²) < 4.78 is 10.6. The molecule has 1 aliphatic heterocycles. The minimum absolute atomic E-state index is 0.119. The summed E-state index contributed by atoms with van der Waals surface area (Å²) in [5.41, 5.74) is 0.705. The molecule has 1 aliphatic carbocycles. The van der Waals surface area contributed by atoms with Crippen LogP contribution in [0.3, 0.4) is 0 Å². The molecular weight excluding hydrogens is 370 g/mol. The summed E-state index contributed by atoms with van der Waals surface area (Å²) in [5.74, 6) is 0.683. The molecule has 2 fully saturated rings. The molecule has 1 atom stereocenters. The molecule has 9 nitrogen and oxygen atoms in total. The van der Waals surface area contributed by atoms with Gasteiger partial charge in [0.1, 0.15) is 23.1 Å². The van der Waals surface area contributed by atoms with Crippen LogP contribution in [0.2, 0.25) is 0 Å². The second-order valence-corrected chi connectivity index (χ2v) is 7.77. The van der Waals surface area contributed by atoms with Crippen LogP contribution in [0.1, 0.15) is 48.6 Å². The first-order chi connectivity index (χ1) is 13.1. The van der Waals surface area contributed by atoms with Crippen molar-refractivity contribution in [2.24, 2.45) is 5.92 Å². The molecule has 1 N–H and O–H groups in total. The lowest BCUT2D eigenvalue weighted by Crippen LogP contribution is -2.32. The van der Waals surface area contributed by atoms with Gasteiger partial charge >= 0.3 is 0 Å². The number of anilines is 1. The average Bonchev–Trinajstić information content (AvgIpc) is 3.07. The third kappa shape index (κ3) is 4.16. The molecule has 2 aliphatic rings. The van der Waals surface area contributed by atoms with Crippen LogP contribution in [0.5, 0.6) is 0 Å². The van der Waals surface area contributed by atoms with Crippen molar-refractivity contribution in [2.45, 2.75) is 45.3 Å². The molecule has 2 aromatic rings. The normalized spacial score (nSPS) is 19.7. The van der Waals surface area contributed by atoms with Crippen molar-refractivity contribution in [1.29, 1.82) is 0 Å². The van der Waals surface area contributed by atoms with E-state index in [1.165, 1.54) is 16.2 Å². The van der Waals surface area contributed by atoms with Crippen molar-refractivity contribution in [3.8, 4) is 0 Å². The van der Waals surface area contributed by atoms with Crippen LogP contribution in [-0.2, 0) is 27.5 Å². The zero-order chi connectivity index (χ0) is 18.8. The molecule has 1 unspecified atom stereocenters. The minimum atomic E-state index is -0.411. The summed E-state index contributed by atoms with van der Waals surface area (Å²) in [4.78, 5) is 26.3. The van der Waals surface area contributed by atoms with Crippen LogP contribution in [0, 0.1) is 5.92 Å². The van der Waals surface area contributed by atoms with Gasteiger partial charge in [0.25, 0.3) is 0 Å². The Labute approximate surface area is 160 Å². The quantitative estimate of drug-likeness (QED) is 0.728. The summed E-state index contributed by atoms with van der Waals surface area (Å²) in [5, 5.41) is 16.1. The van der Waals surface area contributed by atoms with Gasteiger partial charge in [0, 0.05) is 31.6 Å². The Hall–Kier alpha value is -2.33. The average molecular weight is 391 g/mol. The molecule has 0 aromatic carbocycles. The number of carbonyl (C=O) groups is 2. The fraction of sp³-hybridized carbons (Fsp3) is 0.588. The third-order valence-corrected chi connectivity index (χ3v) is 5.53. The lowest BCUT2D eigenvalue weighted by atomic mass is 10.1. The van der Waals surface area contributed by atoms with E-state index < -0.39 is 5.92 Å². The van der Waals surface area contributed by atoms with Gasteiger partial charge in [0.05, 0.1) is 12.5 Å². The number of amides is 2. The fourth-order valence-electron chi connectivity index (χ4n) is 2.96. The highest BCUT2D eigenvalue weighted by atomic mass is 32.1. The van der Waals surface area contributed by atoms with E-state index in [2.05, 4.69) is 20.7 Å². The smallest absolute Gasteiger partial charge is 0.229 e. The van der Waals surface area contributed by atoms with Gasteiger partial charge in [-0.25, -0.2) is 0 Å². The Morgan fingerprint density at radius 3 is 3.07 bits per heavy atom. The van der Waals surface area contributed by atoms with Crippen LogP contribution >= 0.6 is 11.3 Å². The SMILES string of the molecule is CCOCc1nnc(N2CC(C(=O)NCc3cc(C4CC4)on3)CC2=O)s1. The molecule has 27 heavy (non-hydrogen) atoms. The van der Waals surface area contributed by atoms with E-state index in [0.29, 0.717) is 48.1 Å². The van der Waals surface area contributed by atoms with E-state index in [0.717, 1.165) is 18.6 Å². The van der Waals surface area contributed by atoms with Crippen LogP contribution in [0.15, 0.2) is 10.6 Å². The lowest BCUT2D eigenvalue weighted by Gasteiger charge is -2.12. The molecule has 1 saturated heterocycles. The standard InChI is InChI=1S/C17H21N5O4S/c1-2-25-9-14-19-20-17(27-14)22-8-11(5-15(22)23)16(24)18-7-12-6-13(26-21-12)10-3-4-10/h6,10-11H,2-5,7-9H2,1H3,(H,18,24). The highest BCUT2D eigenvalue weighted by Gasteiger charge is 2.37. The predicted molar refractivity (Wildman–Crippen MR) is 96.0 cm³/mol. The van der Waals surface area contributed by atoms with Gasteiger partial charge in [-0.1, -0.05) is 16.5 Å². The number of carbonyl (C=O) groups excluding carboxylic acids is 2. The number of ether oxygens (including phenoxy) is 1. The number of hydrogen-bond donors (Lipinski definition) is 1. The summed E-state index contributed by atoms with van der Waals surface area (Å²) in [6.45, 7) is 3.48. The second kappa shape index (κ2) is 7.73. The van der Waals surface area contributed by atoms with Crippen LogP contribution in [0.25, 0.3) is 0 Å². The maximum Gasteiger partial charge on any atom is 0.229 e. The fourth-order valence-corrected chi connectivity index (χ4v) is 3.77. The van der Waals surface area contributed by atoms with Crippen molar-refractivity contribution in [1.82, 2.24) is 20.7 Å². The van der Waals surface area contributed by atoms with E-state index in [-0.39, 0.29) is 18.2 Å². The van der Waals surface area contributed by atoms with Crippen LogP contribution < -0.4 is 10.2 Å².